The Morgan fingerprint density at radius 3 is 2.61 bits per heavy atom. The summed E-state index contributed by atoms with van der Waals surface area (Å²) in [5.74, 6) is -0.213. The monoisotopic (exact) mass is 414 g/mol. The molecule has 8 heteroatoms. The van der Waals surface area contributed by atoms with Crippen molar-refractivity contribution >= 4 is 18.3 Å². The molecule has 1 aliphatic rings. The van der Waals surface area contributed by atoms with Crippen LogP contribution in [-0.4, -0.2) is 18.6 Å². The van der Waals surface area contributed by atoms with Crippen LogP contribution in [-0.2, 0) is 23.8 Å². The third kappa shape index (κ3) is 5.17. The van der Waals surface area contributed by atoms with Crippen LogP contribution in [0.3, 0.4) is 0 Å². The molecule has 0 heterocycles. The van der Waals surface area contributed by atoms with E-state index in [2.05, 4.69) is 0 Å². The fourth-order valence-electron chi connectivity index (χ4n) is 3.53. The van der Waals surface area contributed by atoms with Crippen LogP contribution in [0.5, 0.6) is 5.75 Å². The predicted molar refractivity (Wildman–Crippen MR) is 103 cm³/mol. The topological polar surface area (TPSA) is 78.3 Å². The fourth-order valence-corrected chi connectivity index (χ4v) is 3.53. The lowest BCUT2D eigenvalue weighted by molar-refractivity contribution is -0.137. The van der Waals surface area contributed by atoms with E-state index in [1.165, 1.54) is 12.1 Å². The van der Waals surface area contributed by atoms with Crippen molar-refractivity contribution in [2.75, 3.05) is 6.61 Å². The largest absolute Gasteiger partial charge is 0.484 e. The summed E-state index contributed by atoms with van der Waals surface area (Å²) in [4.78, 5) is 10.9. The van der Waals surface area contributed by atoms with Gasteiger partial charge in [0.05, 0.1) is 5.56 Å². The Hall–Kier alpha value is -2.25. The minimum atomic E-state index is -4.38. The highest BCUT2D eigenvalue weighted by Gasteiger charge is 2.32. The predicted octanol–water partition coefficient (Wildman–Crippen LogP) is 3.59. The number of aryl methyl sites for hydroxylation is 1. The standard InChI is InChI=1S/C20H21F3N2O2.ClH/c21-20(22,23)14-3-1-2-12(8-14)9-17-16-10-15(27-11-19(25)26)6-4-13(16)5-7-18(17)24;/h1-4,6,8,10,17-18H,5,7,9,11,24H2,(H2,25,26);1H. The average molecular weight is 415 g/mol. The molecule has 0 fully saturated rings. The molecular formula is C20H22ClF3N2O2. The Balaban J connectivity index is 0.00000280. The molecule has 152 valence electrons. The fraction of sp³-hybridized carbons (Fsp3) is 0.350. The summed E-state index contributed by atoms with van der Waals surface area (Å²) in [5, 5.41) is 0. The van der Waals surface area contributed by atoms with Gasteiger partial charge in [-0.15, -0.1) is 12.4 Å². The Kier molecular flexibility index (Phi) is 6.96. The van der Waals surface area contributed by atoms with Gasteiger partial charge < -0.3 is 16.2 Å². The number of hydrogen-bond donors (Lipinski definition) is 2. The van der Waals surface area contributed by atoms with Crippen LogP contribution >= 0.6 is 12.4 Å². The van der Waals surface area contributed by atoms with Crippen molar-refractivity contribution in [1.82, 2.24) is 0 Å². The summed E-state index contributed by atoms with van der Waals surface area (Å²) in [6.07, 6.45) is -2.42. The molecule has 0 radical (unpaired) electrons. The summed E-state index contributed by atoms with van der Waals surface area (Å²) in [7, 11) is 0. The van der Waals surface area contributed by atoms with Crippen molar-refractivity contribution < 1.29 is 22.7 Å². The van der Waals surface area contributed by atoms with E-state index in [1.54, 1.807) is 12.1 Å². The lowest BCUT2D eigenvalue weighted by atomic mass is 9.76. The second-order valence-electron chi connectivity index (χ2n) is 6.83. The molecule has 28 heavy (non-hydrogen) atoms. The molecule has 4 nitrogen and oxygen atoms in total. The van der Waals surface area contributed by atoms with Gasteiger partial charge in [-0.3, -0.25) is 4.79 Å². The zero-order valence-electron chi connectivity index (χ0n) is 15.0. The molecule has 2 aromatic carbocycles. The first kappa shape index (κ1) is 22.0. The lowest BCUT2D eigenvalue weighted by Crippen LogP contribution is -2.34. The second-order valence-corrected chi connectivity index (χ2v) is 6.83. The molecule has 0 aromatic heterocycles. The number of amides is 1. The molecule has 1 aliphatic carbocycles. The maximum atomic E-state index is 13.0. The highest BCUT2D eigenvalue weighted by Crippen LogP contribution is 2.37. The first-order valence-electron chi connectivity index (χ1n) is 8.69. The highest BCUT2D eigenvalue weighted by molar-refractivity contribution is 5.85. The van der Waals surface area contributed by atoms with Crippen molar-refractivity contribution in [1.29, 1.82) is 0 Å². The molecule has 2 unspecified atom stereocenters. The average Bonchev–Trinajstić information content (AvgIpc) is 2.62. The SMILES string of the molecule is Cl.NC(=O)COc1ccc2c(c1)C(Cc1cccc(C(F)(F)F)c1)C(N)CC2. The highest BCUT2D eigenvalue weighted by atomic mass is 35.5. The van der Waals surface area contributed by atoms with Crippen LogP contribution in [0.1, 0.15) is 34.6 Å². The number of hydrogen-bond acceptors (Lipinski definition) is 3. The zero-order chi connectivity index (χ0) is 19.6. The number of carbonyl (C=O) groups is 1. The van der Waals surface area contributed by atoms with Gasteiger partial charge in [0.1, 0.15) is 5.75 Å². The van der Waals surface area contributed by atoms with Crippen LogP contribution < -0.4 is 16.2 Å². The Morgan fingerprint density at radius 1 is 1.18 bits per heavy atom. The first-order valence-corrected chi connectivity index (χ1v) is 8.69. The molecular weight excluding hydrogens is 393 g/mol. The summed E-state index contributed by atoms with van der Waals surface area (Å²) in [6, 6.07) is 10.7. The second kappa shape index (κ2) is 8.84. The van der Waals surface area contributed by atoms with Gasteiger partial charge in [0, 0.05) is 12.0 Å². The Bertz CT molecular complexity index is 842. The third-order valence-corrected chi connectivity index (χ3v) is 4.87. The van der Waals surface area contributed by atoms with E-state index in [1.807, 2.05) is 12.1 Å². The molecule has 2 aromatic rings. The van der Waals surface area contributed by atoms with Crippen molar-refractivity contribution in [3.63, 3.8) is 0 Å². The van der Waals surface area contributed by atoms with Crippen LogP contribution in [0.25, 0.3) is 0 Å². The quantitative estimate of drug-likeness (QED) is 0.784. The summed E-state index contributed by atoms with van der Waals surface area (Å²) in [5.41, 5.74) is 13.4. The van der Waals surface area contributed by atoms with Gasteiger partial charge in [0.15, 0.2) is 6.61 Å². The van der Waals surface area contributed by atoms with Crippen molar-refractivity contribution in [3.05, 3.63) is 64.7 Å². The summed E-state index contributed by atoms with van der Waals surface area (Å²) < 4.78 is 44.3. The minimum Gasteiger partial charge on any atom is -0.484 e. The molecule has 0 bridgehead atoms. The van der Waals surface area contributed by atoms with Gasteiger partial charge >= 0.3 is 6.18 Å². The molecule has 1 amide bonds. The summed E-state index contributed by atoms with van der Waals surface area (Å²) >= 11 is 0. The number of rotatable bonds is 5. The molecule has 0 saturated carbocycles. The van der Waals surface area contributed by atoms with Crippen molar-refractivity contribution in [2.24, 2.45) is 11.5 Å². The van der Waals surface area contributed by atoms with Gasteiger partial charge in [0.2, 0.25) is 0 Å². The van der Waals surface area contributed by atoms with Gasteiger partial charge in [-0.2, -0.15) is 13.2 Å². The van der Waals surface area contributed by atoms with Gasteiger partial charge in [-0.25, -0.2) is 0 Å². The summed E-state index contributed by atoms with van der Waals surface area (Å²) in [6.45, 7) is -0.233. The normalized spacial score (nSPS) is 18.7. The number of benzene rings is 2. The Morgan fingerprint density at radius 2 is 1.93 bits per heavy atom. The number of alkyl halides is 3. The van der Waals surface area contributed by atoms with E-state index in [4.69, 9.17) is 16.2 Å². The third-order valence-electron chi connectivity index (χ3n) is 4.87. The van der Waals surface area contributed by atoms with Crippen LogP contribution in [0.2, 0.25) is 0 Å². The molecule has 2 atom stereocenters. The number of ether oxygens (including phenoxy) is 1. The number of nitrogens with two attached hydrogens (primary N) is 2. The number of carbonyl (C=O) groups excluding carboxylic acids is 1. The van der Waals surface area contributed by atoms with E-state index < -0.39 is 17.6 Å². The number of halogens is 4. The van der Waals surface area contributed by atoms with Crippen molar-refractivity contribution in [2.45, 2.75) is 37.4 Å². The molecule has 0 spiro atoms. The maximum Gasteiger partial charge on any atom is 0.416 e. The maximum absolute atomic E-state index is 13.0. The van der Waals surface area contributed by atoms with Gasteiger partial charge in [-0.1, -0.05) is 24.3 Å². The van der Waals surface area contributed by atoms with Crippen LogP contribution in [0, 0.1) is 0 Å². The van der Waals surface area contributed by atoms with Crippen LogP contribution in [0.15, 0.2) is 42.5 Å². The number of primary amides is 1. The molecule has 0 aliphatic heterocycles. The molecule has 3 rings (SSSR count). The molecule has 4 N–H and O–H groups in total. The van der Waals surface area contributed by atoms with Crippen molar-refractivity contribution in [3.8, 4) is 5.75 Å². The van der Waals surface area contributed by atoms with Gasteiger partial charge in [0.25, 0.3) is 5.91 Å². The van der Waals surface area contributed by atoms with E-state index in [-0.39, 0.29) is 31.0 Å². The lowest BCUT2D eigenvalue weighted by Gasteiger charge is -2.32. The van der Waals surface area contributed by atoms with E-state index in [0.29, 0.717) is 17.7 Å². The van der Waals surface area contributed by atoms with E-state index in [9.17, 15) is 18.0 Å². The number of fused-ring (bicyclic) bond motifs is 1. The molecule has 0 saturated heterocycles. The minimum absolute atomic E-state index is 0. The van der Waals surface area contributed by atoms with Gasteiger partial charge in [-0.05, 0) is 54.2 Å². The van der Waals surface area contributed by atoms with E-state index in [0.717, 1.165) is 30.0 Å². The zero-order valence-corrected chi connectivity index (χ0v) is 15.9. The Labute approximate surface area is 167 Å². The van der Waals surface area contributed by atoms with Crippen LogP contribution in [0.4, 0.5) is 13.2 Å². The van der Waals surface area contributed by atoms with E-state index >= 15 is 0 Å². The first-order chi connectivity index (χ1) is 12.7. The smallest absolute Gasteiger partial charge is 0.416 e.